The Hall–Kier alpha value is 0.140. The van der Waals surface area contributed by atoms with Gasteiger partial charge < -0.3 is 0 Å². The molecule has 0 unspecified atom stereocenters. The van der Waals surface area contributed by atoms with Crippen LogP contribution in [0.1, 0.15) is 13.8 Å². The highest BCUT2D eigenvalue weighted by Gasteiger charge is 1.98. The van der Waals surface area contributed by atoms with Gasteiger partial charge in [-0.15, -0.1) is 0 Å². The molecule has 1 heterocycles. The van der Waals surface area contributed by atoms with Crippen molar-refractivity contribution in [2.45, 2.75) is 13.8 Å². The molecule has 0 atom stereocenters. The molecule has 7 heavy (non-hydrogen) atoms. The Balaban J connectivity index is 2.79. The van der Waals surface area contributed by atoms with Gasteiger partial charge in [0.1, 0.15) is 0 Å². The molecule has 1 nitrogen and oxygen atoms in total. The van der Waals surface area contributed by atoms with Crippen molar-refractivity contribution in [1.82, 2.24) is 5.09 Å². The average molecular weight is 130 g/mol. The summed E-state index contributed by atoms with van der Waals surface area (Å²) in [7, 11) is 2.57. The Bertz CT molecular complexity index is 137. The number of nitrogens with zero attached hydrogens (tertiary/aromatic N) is 1. The van der Waals surface area contributed by atoms with Crippen LogP contribution in [0.15, 0.2) is 11.0 Å². The van der Waals surface area contributed by atoms with E-state index in [4.69, 9.17) is 0 Å². The van der Waals surface area contributed by atoms with Crippen molar-refractivity contribution in [1.29, 1.82) is 0 Å². The third-order valence-corrected chi connectivity index (χ3v) is 3.45. The quantitative estimate of drug-likeness (QED) is 0.447. The highest BCUT2D eigenvalue weighted by atomic mass is 31.7. The van der Waals surface area contributed by atoms with Gasteiger partial charge in [0.2, 0.25) is 0 Å². The first-order valence-electron chi connectivity index (χ1n) is 2.10. The van der Waals surface area contributed by atoms with Crippen LogP contribution in [0, 0.1) is 0 Å². The van der Waals surface area contributed by atoms with Crippen LogP contribution in [0.2, 0.25) is 0 Å². The molecule has 0 aromatic carbocycles. The summed E-state index contributed by atoms with van der Waals surface area (Å²) in [6.45, 7) is 4.18. The van der Waals surface area contributed by atoms with Crippen molar-refractivity contribution in [2.24, 2.45) is 0 Å². The lowest BCUT2D eigenvalue weighted by molar-refractivity contribution is 1.17. The molecule has 0 aromatic rings. The maximum atomic E-state index is 4.16. The maximum Gasteiger partial charge on any atom is 0.0699 e. The highest BCUT2D eigenvalue weighted by Crippen LogP contribution is 2.33. The fraction of sp³-hybridized carbons (Fsp3) is 0.500. The minimum absolute atomic E-state index is 1.20. The molecule has 0 saturated heterocycles. The zero-order valence-electron chi connectivity index (χ0n) is 4.34. The Kier molecular flexibility index (Phi) is 1.46. The largest absolute Gasteiger partial charge is 0.227 e. The predicted molar refractivity (Wildman–Crippen MR) is 34.3 cm³/mol. The summed E-state index contributed by atoms with van der Waals surface area (Å²) in [6.07, 6.45) is 0. The molecule has 37 valence electrons. The van der Waals surface area contributed by atoms with Gasteiger partial charge in [-0.25, -0.2) is 5.09 Å². The van der Waals surface area contributed by atoms with E-state index in [0.717, 1.165) is 0 Å². The van der Waals surface area contributed by atoms with Gasteiger partial charge in [0.05, 0.1) is 13.7 Å². The van der Waals surface area contributed by atoms with Crippen LogP contribution in [0.3, 0.4) is 0 Å². The van der Waals surface area contributed by atoms with Crippen LogP contribution in [-0.4, -0.2) is 0 Å². The molecule has 0 aliphatic carbocycles. The molecule has 0 saturated carbocycles. The molecular weight excluding hydrogens is 124 g/mol. The minimum atomic E-state index is 1.20. The molecule has 1 rings (SSSR count). The van der Waals surface area contributed by atoms with E-state index in [-0.39, 0.29) is 0 Å². The van der Waals surface area contributed by atoms with Gasteiger partial charge in [-0.3, -0.25) is 0 Å². The van der Waals surface area contributed by atoms with Crippen molar-refractivity contribution >= 4 is 15.9 Å². The summed E-state index contributed by atoms with van der Waals surface area (Å²) < 4.78 is 0. The van der Waals surface area contributed by atoms with Gasteiger partial charge >= 0.3 is 0 Å². The van der Waals surface area contributed by atoms with E-state index in [1.165, 1.54) is 26.9 Å². The standard InChI is InChI=1S/C4H6NP2/c1-3-4(2)6-7-5-3/h1-2H3. The minimum Gasteiger partial charge on any atom is -0.227 e. The Morgan fingerprint density at radius 1 is 1.43 bits per heavy atom. The molecule has 0 N–H and O–H groups in total. The Morgan fingerprint density at radius 3 is 2.29 bits per heavy atom. The lowest BCUT2D eigenvalue weighted by Crippen LogP contribution is -1.80. The number of hydrogen-bond donors (Lipinski definition) is 0. The first kappa shape index (κ1) is 5.28. The second-order valence-corrected chi connectivity index (χ2v) is 3.85. The van der Waals surface area contributed by atoms with E-state index in [0.29, 0.717) is 0 Å². The van der Waals surface area contributed by atoms with E-state index >= 15 is 0 Å². The smallest absolute Gasteiger partial charge is 0.0699 e. The van der Waals surface area contributed by atoms with Crippen LogP contribution in [0.25, 0.3) is 0 Å². The second kappa shape index (κ2) is 1.94. The average Bonchev–Trinajstić information content (AvgIpc) is 1.91. The summed E-state index contributed by atoms with van der Waals surface area (Å²) in [5.41, 5.74) is 1.23. The molecule has 0 spiro atoms. The van der Waals surface area contributed by atoms with E-state index in [2.05, 4.69) is 18.9 Å². The van der Waals surface area contributed by atoms with E-state index in [9.17, 15) is 0 Å². The van der Waals surface area contributed by atoms with E-state index in [1.807, 2.05) is 0 Å². The fourth-order valence-electron chi connectivity index (χ4n) is 0.301. The zero-order valence-corrected chi connectivity index (χ0v) is 6.13. The fourth-order valence-corrected chi connectivity index (χ4v) is 2.41. The molecule has 3 heteroatoms. The van der Waals surface area contributed by atoms with Gasteiger partial charge in [-0.2, -0.15) is 0 Å². The van der Waals surface area contributed by atoms with Crippen LogP contribution in [0.5, 0.6) is 0 Å². The van der Waals surface area contributed by atoms with E-state index in [1.54, 1.807) is 0 Å². The topological polar surface area (TPSA) is 14.1 Å². The third kappa shape index (κ3) is 1.02. The molecule has 1 aliphatic rings. The van der Waals surface area contributed by atoms with Crippen LogP contribution >= 0.6 is 15.9 Å². The predicted octanol–water partition coefficient (Wildman–Crippen LogP) is 2.58. The second-order valence-electron chi connectivity index (χ2n) is 1.46. The Labute approximate surface area is 46.7 Å². The van der Waals surface area contributed by atoms with Crippen molar-refractivity contribution in [3.63, 3.8) is 0 Å². The summed E-state index contributed by atoms with van der Waals surface area (Å²) in [5.74, 6) is 0. The molecule has 0 fully saturated rings. The summed E-state index contributed by atoms with van der Waals surface area (Å²) in [6, 6.07) is 0. The monoisotopic (exact) mass is 130 g/mol. The molecule has 1 aliphatic heterocycles. The van der Waals surface area contributed by atoms with Crippen molar-refractivity contribution in [3.05, 3.63) is 11.0 Å². The summed E-state index contributed by atoms with van der Waals surface area (Å²) in [5, 5.41) is 5.57. The lowest BCUT2D eigenvalue weighted by Gasteiger charge is -1.85. The van der Waals surface area contributed by atoms with Gasteiger partial charge in [0.25, 0.3) is 0 Å². The van der Waals surface area contributed by atoms with Crippen LogP contribution in [0.4, 0.5) is 0 Å². The third-order valence-electron chi connectivity index (χ3n) is 0.913. The van der Waals surface area contributed by atoms with Crippen molar-refractivity contribution in [2.75, 3.05) is 0 Å². The molecule has 0 aromatic heterocycles. The SMILES string of the molecule is CC1=C(C)P=P[N]1. The number of rotatable bonds is 0. The molecular formula is C4H6NP2. The maximum absolute atomic E-state index is 4.16. The van der Waals surface area contributed by atoms with Gasteiger partial charge in [-0.1, -0.05) is 0 Å². The summed E-state index contributed by atoms with van der Waals surface area (Å²) in [4.78, 5) is 0. The first-order chi connectivity index (χ1) is 3.30. The van der Waals surface area contributed by atoms with E-state index < -0.39 is 0 Å². The molecule has 0 amide bonds. The van der Waals surface area contributed by atoms with Crippen molar-refractivity contribution in [3.8, 4) is 0 Å². The van der Waals surface area contributed by atoms with Gasteiger partial charge in [0.15, 0.2) is 0 Å². The normalized spacial score (nSPS) is 22.6. The zero-order chi connectivity index (χ0) is 5.28. The number of hydrogen-bond acceptors (Lipinski definition) is 0. The van der Waals surface area contributed by atoms with Gasteiger partial charge in [0, 0.05) is 5.31 Å². The number of allylic oxidation sites excluding steroid dienone is 2. The lowest BCUT2D eigenvalue weighted by atomic mass is 10.5. The Morgan fingerprint density at radius 2 is 2.14 bits per heavy atom. The first-order valence-corrected chi connectivity index (χ1v) is 4.54. The van der Waals surface area contributed by atoms with Gasteiger partial charge in [-0.05, 0) is 21.7 Å². The van der Waals surface area contributed by atoms with Crippen molar-refractivity contribution < 1.29 is 0 Å². The highest BCUT2D eigenvalue weighted by molar-refractivity contribution is 7.85. The van der Waals surface area contributed by atoms with Crippen LogP contribution < -0.4 is 5.09 Å². The molecule has 0 bridgehead atoms. The van der Waals surface area contributed by atoms with Crippen LogP contribution in [-0.2, 0) is 0 Å². The summed E-state index contributed by atoms with van der Waals surface area (Å²) >= 11 is 0. The molecule has 1 radical (unpaired) electrons.